The number of nitrogens with zero attached hydrogens (tertiary/aromatic N) is 3. The van der Waals surface area contributed by atoms with Gasteiger partial charge in [0.05, 0.1) is 0 Å². The second kappa shape index (κ2) is 8.05. The minimum atomic E-state index is 0.150. The number of fused-ring (bicyclic) bond motifs is 1. The normalized spacial score (nSPS) is 25.4. The van der Waals surface area contributed by atoms with Gasteiger partial charge in [-0.3, -0.25) is 0 Å². The first kappa shape index (κ1) is 18.5. The largest absolute Gasteiger partial charge is 0.331 e. The number of amides is 2. The van der Waals surface area contributed by atoms with Gasteiger partial charge in [-0.25, -0.2) is 4.79 Å². The lowest BCUT2D eigenvalue weighted by Crippen LogP contribution is -2.38. The van der Waals surface area contributed by atoms with E-state index in [9.17, 15) is 4.79 Å². The maximum Gasteiger partial charge on any atom is 0.319 e. The summed E-state index contributed by atoms with van der Waals surface area (Å²) in [6.07, 6.45) is 8.80. The minimum Gasteiger partial charge on any atom is -0.331 e. The smallest absolute Gasteiger partial charge is 0.319 e. The van der Waals surface area contributed by atoms with Crippen LogP contribution in [0.4, 0.5) is 4.79 Å². The summed E-state index contributed by atoms with van der Waals surface area (Å²) in [5, 5.41) is 0. The van der Waals surface area contributed by atoms with Gasteiger partial charge in [0.1, 0.15) is 0 Å². The zero-order valence-electron chi connectivity index (χ0n) is 16.9. The Balaban J connectivity index is 1.35. The van der Waals surface area contributed by atoms with Crippen molar-refractivity contribution in [1.29, 1.82) is 0 Å². The maximum atomic E-state index is 12.3. The van der Waals surface area contributed by atoms with Gasteiger partial charge in [0.2, 0.25) is 0 Å². The first-order valence-corrected chi connectivity index (χ1v) is 10.6. The van der Waals surface area contributed by atoms with E-state index in [-0.39, 0.29) is 6.03 Å². The van der Waals surface area contributed by atoms with Crippen LogP contribution in [0.1, 0.15) is 36.8 Å². The fourth-order valence-electron chi connectivity index (χ4n) is 5.00. The first-order valence-electron chi connectivity index (χ1n) is 10.6. The van der Waals surface area contributed by atoms with E-state index in [1.165, 1.54) is 55.6 Å². The van der Waals surface area contributed by atoms with Crippen LogP contribution in [0.25, 0.3) is 5.57 Å². The number of benzene rings is 1. The van der Waals surface area contributed by atoms with E-state index in [1.54, 1.807) is 4.90 Å². The van der Waals surface area contributed by atoms with Gasteiger partial charge in [-0.1, -0.05) is 36.8 Å². The highest BCUT2D eigenvalue weighted by Crippen LogP contribution is 2.43. The molecule has 146 valence electrons. The van der Waals surface area contributed by atoms with Crippen LogP contribution in [0.3, 0.4) is 0 Å². The third kappa shape index (κ3) is 4.06. The first-order chi connectivity index (χ1) is 13.1. The molecule has 2 atom stereocenters. The van der Waals surface area contributed by atoms with Crippen LogP contribution < -0.4 is 0 Å². The van der Waals surface area contributed by atoms with E-state index in [0.717, 1.165) is 25.9 Å². The molecule has 4 heteroatoms. The molecule has 4 rings (SSSR count). The average Bonchev–Trinajstić information content (AvgIpc) is 3.28. The summed E-state index contributed by atoms with van der Waals surface area (Å²) in [6.45, 7) is 5.50. The quantitative estimate of drug-likeness (QED) is 0.811. The topological polar surface area (TPSA) is 26.8 Å². The minimum absolute atomic E-state index is 0.150. The van der Waals surface area contributed by atoms with Crippen molar-refractivity contribution in [3.63, 3.8) is 0 Å². The van der Waals surface area contributed by atoms with Crippen LogP contribution in [-0.2, 0) is 6.42 Å². The summed E-state index contributed by atoms with van der Waals surface area (Å²) in [7, 11) is 3.69. The molecule has 1 aliphatic carbocycles. The number of carbonyl (C=O) groups is 1. The molecule has 3 aliphatic rings. The predicted octanol–water partition coefficient (Wildman–Crippen LogP) is 3.73. The van der Waals surface area contributed by atoms with Crippen molar-refractivity contribution < 1.29 is 4.79 Å². The van der Waals surface area contributed by atoms with E-state index in [0.29, 0.717) is 11.8 Å². The Morgan fingerprint density at radius 3 is 2.52 bits per heavy atom. The fourth-order valence-corrected chi connectivity index (χ4v) is 5.00. The van der Waals surface area contributed by atoms with Crippen LogP contribution in [0.2, 0.25) is 0 Å². The lowest BCUT2D eigenvalue weighted by molar-refractivity contribution is 0.179. The second-order valence-electron chi connectivity index (χ2n) is 8.69. The number of urea groups is 1. The Bertz CT molecular complexity index is 688. The van der Waals surface area contributed by atoms with Gasteiger partial charge in [0.15, 0.2) is 0 Å². The van der Waals surface area contributed by atoms with Crippen molar-refractivity contribution in [3.05, 3.63) is 41.5 Å². The number of rotatable bonds is 4. The molecule has 2 heterocycles. The van der Waals surface area contributed by atoms with Gasteiger partial charge in [-0.15, -0.1) is 0 Å². The molecule has 1 aromatic carbocycles. The number of allylic oxidation sites excluding steroid dienone is 1. The van der Waals surface area contributed by atoms with Gasteiger partial charge in [0.25, 0.3) is 0 Å². The molecule has 2 saturated heterocycles. The number of likely N-dealkylation sites (tertiary alicyclic amines) is 2. The molecule has 2 fully saturated rings. The van der Waals surface area contributed by atoms with E-state index in [4.69, 9.17) is 0 Å². The van der Waals surface area contributed by atoms with Gasteiger partial charge in [0, 0.05) is 39.6 Å². The third-order valence-electron chi connectivity index (χ3n) is 6.59. The number of piperidine rings is 1. The van der Waals surface area contributed by atoms with Crippen LogP contribution in [0.15, 0.2) is 30.3 Å². The molecule has 2 amide bonds. The van der Waals surface area contributed by atoms with Crippen molar-refractivity contribution in [2.45, 2.75) is 32.1 Å². The Morgan fingerprint density at radius 2 is 1.81 bits per heavy atom. The summed E-state index contributed by atoms with van der Waals surface area (Å²) in [5.41, 5.74) is 4.25. The monoisotopic (exact) mass is 367 g/mol. The predicted molar refractivity (Wildman–Crippen MR) is 111 cm³/mol. The number of hydrogen-bond acceptors (Lipinski definition) is 2. The van der Waals surface area contributed by atoms with Crippen LogP contribution in [-0.4, -0.2) is 67.5 Å². The molecule has 27 heavy (non-hydrogen) atoms. The maximum absolute atomic E-state index is 12.3. The molecule has 0 bridgehead atoms. The van der Waals surface area contributed by atoms with Gasteiger partial charge < -0.3 is 14.7 Å². The zero-order valence-corrected chi connectivity index (χ0v) is 16.9. The molecule has 0 spiro atoms. The summed E-state index contributed by atoms with van der Waals surface area (Å²) in [6, 6.07) is 9.37. The average molecular weight is 368 g/mol. The molecule has 0 radical (unpaired) electrons. The van der Waals surface area contributed by atoms with E-state index < -0.39 is 0 Å². The second-order valence-corrected chi connectivity index (χ2v) is 8.69. The van der Waals surface area contributed by atoms with Crippen molar-refractivity contribution in [2.75, 3.05) is 46.8 Å². The van der Waals surface area contributed by atoms with Crippen molar-refractivity contribution in [2.24, 2.45) is 11.8 Å². The van der Waals surface area contributed by atoms with Crippen LogP contribution in [0.5, 0.6) is 0 Å². The Kier molecular flexibility index (Phi) is 5.53. The van der Waals surface area contributed by atoms with Crippen molar-refractivity contribution >= 4 is 11.6 Å². The van der Waals surface area contributed by atoms with Gasteiger partial charge in [-0.05, 0) is 61.4 Å². The summed E-state index contributed by atoms with van der Waals surface area (Å²) >= 11 is 0. The highest BCUT2D eigenvalue weighted by Gasteiger charge is 2.40. The van der Waals surface area contributed by atoms with Crippen LogP contribution in [0, 0.1) is 11.8 Å². The Morgan fingerprint density at radius 1 is 1.07 bits per heavy atom. The van der Waals surface area contributed by atoms with Gasteiger partial charge in [-0.2, -0.15) is 0 Å². The molecule has 4 nitrogen and oxygen atoms in total. The Labute approximate surface area is 163 Å². The summed E-state index contributed by atoms with van der Waals surface area (Å²) in [4.78, 5) is 18.6. The SMILES string of the molecule is CN(C)C(=O)N1CC2CC=C(c3ccc(CCN4CCCCC4)cc3)C2C1. The lowest BCUT2D eigenvalue weighted by Gasteiger charge is -2.26. The van der Waals surface area contributed by atoms with Gasteiger partial charge >= 0.3 is 6.03 Å². The number of hydrogen-bond donors (Lipinski definition) is 0. The molecule has 0 N–H and O–H groups in total. The fraction of sp³-hybridized carbons (Fsp3) is 0.609. The molecular weight excluding hydrogens is 334 g/mol. The molecule has 2 aliphatic heterocycles. The zero-order chi connectivity index (χ0) is 18.8. The highest BCUT2D eigenvalue weighted by molar-refractivity contribution is 5.77. The van der Waals surface area contributed by atoms with E-state index in [2.05, 4.69) is 35.2 Å². The third-order valence-corrected chi connectivity index (χ3v) is 6.59. The molecule has 2 unspecified atom stereocenters. The lowest BCUT2D eigenvalue weighted by atomic mass is 9.90. The van der Waals surface area contributed by atoms with Crippen LogP contribution >= 0.6 is 0 Å². The Hall–Kier alpha value is -1.81. The highest BCUT2D eigenvalue weighted by atomic mass is 16.2. The molecule has 1 aromatic rings. The van der Waals surface area contributed by atoms with E-state index >= 15 is 0 Å². The van der Waals surface area contributed by atoms with E-state index in [1.807, 2.05) is 19.0 Å². The van der Waals surface area contributed by atoms with Crippen molar-refractivity contribution in [1.82, 2.24) is 14.7 Å². The van der Waals surface area contributed by atoms with Crippen molar-refractivity contribution in [3.8, 4) is 0 Å². The summed E-state index contributed by atoms with van der Waals surface area (Å²) in [5.74, 6) is 1.11. The number of carbonyl (C=O) groups excluding carboxylic acids is 1. The molecular formula is C23H33N3O. The molecule has 0 saturated carbocycles. The molecule has 0 aromatic heterocycles. The standard InChI is InChI=1S/C23H33N3O/c1-24(2)23(27)26-16-20-10-11-21(22(20)17-26)19-8-6-18(7-9-19)12-15-25-13-4-3-5-14-25/h6-9,11,20,22H,3-5,10,12-17H2,1-2H3. The summed E-state index contributed by atoms with van der Waals surface area (Å²) < 4.78 is 0.